The number of aliphatic hydroxyl groups excluding tert-OH is 1. The molecule has 4 aromatic heterocycles. The van der Waals surface area contributed by atoms with Crippen molar-refractivity contribution in [3.05, 3.63) is 101 Å². The molecule has 3 amide bonds. The molecule has 5 aliphatic rings. The topological polar surface area (TPSA) is 225 Å². The zero-order valence-corrected chi connectivity index (χ0v) is 51.2. The van der Waals surface area contributed by atoms with Crippen molar-refractivity contribution in [1.82, 2.24) is 45.1 Å². The van der Waals surface area contributed by atoms with Crippen LogP contribution in [0.5, 0.6) is 11.8 Å². The summed E-state index contributed by atoms with van der Waals surface area (Å²) < 4.78 is 57.1. The van der Waals surface area contributed by atoms with Crippen molar-refractivity contribution in [3.8, 4) is 45.8 Å². The molecule has 0 radical (unpaired) electrons. The number of piperazine rings is 1. The number of piperidine rings is 1. The number of ether oxygens (including phenoxy) is 3. The van der Waals surface area contributed by atoms with Gasteiger partial charge in [0.15, 0.2) is 17.4 Å². The lowest BCUT2D eigenvalue weighted by atomic mass is 9.91. The number of nitrogens with zero attached hydrogens (tertiary/aromatic N) is 10. The van der Waals surface area contributed by atoms with E-state index in [1.54, 1.807) is 17.4 Å². The Balaban J connectivity index is 0.661. The van der Waals surface area contributed by atoms with Crippen LogP contribution in [-0.2, 0) is 19.1 Å². The van der Waals surface area contributed by atoms with E-state index >= 15 is 8.78 Å². The van der Waals surface area contributed by atoms with E-state index in [2.05, 4.69) is 41.1 Å². The van der Waals surface area contributed by atoms with Crippen molar-refractivity contribution in [3.63, 3.8) is 0 Å². The normalized spacial score (nSPS) is 20.8. The Kier molecular flexibility index (Phi) is 16.8. The number of benzene rings is 3. The third-order valence-corrected chi connectivity index (χ3v) is 18.6. The lowest BCUT2D eigenvalue weighted by Gasteiger charge is -2.42. The van der Waals surface area contributed by atoms with E-state index < -0.39 is 35.3 Å². The summed E-state index contributed by atoms with van der Waals surface area (Å²) in [5, 5.41) is 30.0. The number of pyridine rings is 1. The molecule has 5 aliphatic heterocycles. The van der Waals surface area contributed by atoms with Gasteiger partial charge in [-0.3, -0.25) is 24.4 Å². The van der Waals surface area contributed by atoms with Crippen LogP contribution in [0.2, 0.25) is 0 Å². The molecule has 0 spiro atoms. The minimum atomic E-state index is -0.856. The minimum Gasteiger partial charge on any atom is -0.508 e. The summed E-state index contributed by atoms with van der Waals surface area (Å²) in [7, 11) is 0. The lowest BCUT2D eigenvalue weighted by Crippen LogP contribution is -2.57. The van der Waals surface area contributed by atoms with Gasteiger partial charge >= 0.3 is 12.1 Å². The molecule has 12 rings (SSSR count). The summed E-state index contributed by atoms with van der Waals surface area (Å²) >= 11 is 1.58. The van der Waals surface area contributed by atoms with Gasteiger partial charge in [0.1, 0.15) is 52.8 Å². The number of phenolic OH excluding ortho intramolecular Hbond substituents is 1. The van der Waals surface area contributed by atoms with E-state index in [0.29, 0.717) is 60.9 Å². The van der Waals surface area contributed by atoms with Gasteiger partial charge in [-0.05, 0) is 101 Å². The average Bonchev–Trinajstić information content (AvgIpc) is 1.29. The van der Waals surface area contributed by atoms with Crippen LogP contribution in [0.4, 0.5) is 25.2 Å². The highest BCUT2D eigenvalue weighted by Gasteiger charge is 2.47. The van der Waals surface area contributed by atoms with Crippen LogP contribution in [0.25, 0.3) is 43.4 Å². The fourth-order valence-corrected chi connectivity index (χ4v) is 14.0. The van der Waals surface area contributed by atoms with Crippen molar-refractivity contribution >= 4 is 62.6 Å². The number of aryl methyl sites for hydroxylation is 1. The molecule has 6 atom stereocenters. The first-order valence-electron chi connectivity index (χ1n) is 30.2. The van der Waals surface area contributed by atoms with Gasteiger partial charge in [-0.25, -0.2) is 18.6 Å². The third-order valence-electron chi connectivity index (χ3n) is 17.6. The molecule has 462 valence electrons. The maximum atomic E-state index is 17.3. The summed E-state index contributed by atoms with van der Waals surface area (Å²) in [5.74, 6) is 0.511. The molecule has 5 saturated heterocycles. The summed E-state index contributed by atoms with van der Waals surface area (Å²) in [4.78, 5) is 70.9. The second-order valence-electron chi connectivity index (χ2n) is 25.2. The predicted octanol–water partition coefficient (Wildman–Crippen LogP) is 9.15. The first kappa shape index (κ1) is 60.3. The molecule has 3 N–H and O–H groups in total. The number of amides is 3. The molecule has 0 aliphatic carbocycles. The number of carbonyl (C=O) groups is 3. The molecule has 3 aromatic carbocycles. The number of nitrogens with one attached hydrogen (secondary N) is 1. The number of hydrogen-bond donors (Lipinski definition) is 3. The molecule has 7 aromatic rings. The largest absolute Gasteiger partial charge is 0.508 e. The Labute approximate surface area is 513 Å². The highest BCUT2D eigenvalue weighted by molar-refractivity contribution is 7.13. The number of carbonyl (C=O) groups excluding carboxylic acids is 3. The number of hydrogen-bond acceptors (Lipinski definition) is 18. The Morgan fingerprint density at radius 3 is 2.34 bits per heavy atom. The van der Waals surface area contributed by atoms with Crippen LogP contribution in [0.3, 0.4) is 0 Å². The van der Waals surface area contributed by atoms with E-state index in [9.17, 15) is 24.6 Å². The lowest BCUT2D eigenvalue weighted by molar-refractivity contribution is -0.141. The Morgan fingerprint density at radius 2 is 1.66 bits per heavy atom. The number of likely N-dealkylation sites (tertiary alicyclic amines) is 2. The zero-order valence-electron chi connectivity index (χ0n) is 50.4. The fourth-order valence-electron chi connectivity index (χ4n) is 13.2. The molecule has 2 bridgehead atoms. The second-order valence-corrected chi connectivity index (χ2v) is 26.1. The summed E-state index contributed by atoms with van der Waals surface area (Å²) in [5.41, 5.74) is 3.80. The highest BCUT2D eigenvalue weighted by Crippen LogP contribution is 2.42. The molecule has 2 unspecified atom stereocenters. The molecular formula is C65H73F2N11O9S. The van der Waals surface area contributed by atoms with Crippen LogP contribution in [0.15, 0.2) is 70.8 Å². The number of aromatic hydroxyl groups is 1. The molecular weight excluding hydrogens is 1150 g/mol. The molecule has 20 nitrogen and oxygen atoms in total. The number of rotatable bonds is 16. The number of fused-ring (bicyclic) bond motifs is 4. The van der Waals surface area contributed by atoms with E-state index in [0.717, 1.165) is 60.5 Å². The van der Waals surface area contributed by atoms with Gasteiger partial charge in [-0.2, -0.15) is 9.97 Å². The van der Waals surface area contributed by atoms with Gasteiger partial charge < -0.3 is 49.0 Å². The minimum absolute atomic E-state index is 0.0308. The van der Waals surface area contributed by atoms with E-state index in [1.165, 1.54) is 35.4 Å². The number of phenols is 1. The van der Waals surface area contributed by atoms with Crippen LogP contribution >= 0.6 is 11.3 Å². The number of thiazole rings is 1. The zero-order chi connectivity index (χ0) is 61.9. The van der Waals surface area contributed by atoms with Gasteiger partial charge in [-0.1, -0.05) is 55.3 Å². The van der Waals surface area contributed by atoms with Crippen molar-refractivity contribution in [1.29, 1.82) is 0 Å². The average molecular weight is 1220 g/mol. The first-order chi connectivity index (χ1) is 42.2. The second kappa shape index (κ2) is 24.5. The Morgan fingerprint density at radius 1 is 0.920 bits per heavy atom. The maximum absolute atomic E-state index is 17.3. The number of anilines is 2. The van der Waals surface area contributed by atoms with Gasteiger partial charge in [0.25, 0.3) is 0 Å². The van der Waals surface area contributed by atoms with Gasteiger partial charge in [-0.15, -0.1) is 17.8 Å². The molecule has 9 heterocycles. The number of β-amino-alcohol motifs (C(OH)–C–C–N with tert-alkyl or cyclic N) is 1. The van der Waals surface area contributed by atoms with Crippen LogP contribution in [0, 0.1) is 36.8 Å². The maximum Gasteiger partial charge on any atom is 0.410 e. The highest BCUT2D eigenvalue weighted by atomic mass is 32.1. The molecule has 23 heteroatoms. The quantitative estimate of drug-likeness (QED) is 0.0767. The number of aromatic nitrogens is 5. The van der Waals surface area contributed by atoms with E-state index in [1.807, 2.05) is 88.0 Å². The van der Waals surface area contributed by atoms with Crippen LogP contribution in [-0.4, -0.2) is 169 Å². The van der Waals surface area contributed by atoms with Crippen molar-refractivity contribution in [2.75, 3.05) is 68.8 Å². The van der Waals surface area contributed by atoms with Crippen molar-refractivity contribution in [2.24, 2.45) is 5.92 Å². The third kappa shape index (κ3) is 12.1. The number of aliphatic hydroxyl groups is 1. The summed E-state index contributed by atoms with van der Waals surface area (Å²) in [6.07, 6.45) is 9.24. The monoisotopic (exact) mass is 1220 g/mol. The molecule has 88 heavy (non-hydrogen) atoms. The standard InChI is InChI=1S/C65H73F2N11O9S/c1-9-47-50(66)17-14-40-24-43(79)25-48(55(40)47)57-56(67)58-49(28-68-57)60(76-29-41-15-16-42(30-76)78(41)64(83)86-65(6,7)8)72-63(71-58)84-23-22-74-20-18-45(19-21-74)85-46-32-75(33-46)53-27-52(87-73-53)54(35(2)3)62(82)77-31-44(80)26-51(77)61(81)70-36(4)38-10-12-39(13-11-38)59-37(5)69-34-88-59/h1,10-14,17,24-25,27-28,34-36,41-42,44-46,51,54,79-80H,15-16,18-23,26,29-33H2,2-8H3,(H,70,81)/t36-,41?,42?,44+,51-,54-/m0/s1. The predicted molar refractivity (Wildman–Crippen MR) is 328 cm³/mol. The first-order valence-corrected chi connectivity index (χ1v) is 31.1. The van der Waals surface area contributed by atoms with Gasteiger partial charge in [0.2, 0.25) is 11.8 Å². The van der Waals surface area contributed by atoms with Crippen LogP contribution in [0.1, 0.15) is 108 Å². The number of halogens is 2. The van der Waals surface area contributed by atoms with Gasteiger partial charge in [0, 0.05) is 82.0 Å². The molecule has 0 saturated carbocycles. The van der Waals surface area contributed by atoms with E-state index in [4.69, 9.17) is 30.1 Å². The van der Waals surface area contributed by atoms with Crippen molar-refractivity contribution in [2.45, 2.75) is 135 Å². The van der Waals surface area contributed by atoms with Crippen molar-refractivity contribution < 1.29 is 52.1 Å². The summed E-state index contributed by atoms with van der Waals surface area (Å²) in [6.45, 7) is 17.5. The SMILES string of the molecule is C#Cc1c(F)ccc2cc(O)cc(-c3ncc4c(N5CC6CCC(C5)N6C(=O)OC(C)(C)C)nc(OCCN5CCC(OC6CN(c7cc([C@@H](C(=O)N8C[C@H](O)C[C@H]8C(=O)N[C@@H](C)c8ccc(-c9scnc9C)cc8)C(C)C)on7)C6)CC5)nc4c3F)c12. The van der Waals surface area contributed by atoms with Gasteiger partial charge in [0.05, 0.1) is 63.5 Å². The Hall–Kier alpha value is -8.04. The van der Waals surface area contributed by atoms with Crippen LogP contribution < -0.4 is 19.9 Å². The van der Waals surface area contributed by atoms with E-state index in [-0.39, 0.29) is 113 Å². The number of terminal acetylenes is 1. The molecule has 5 fully saturated rings. The Bertz CT molecular complexity index is 3800. The smallest absolute Gasteiger partial charge is 0.410 e. The summed E-state index contributed by atoms with van der Waals surface area (Å²) in [6, 6.07) is 13.6. The fraction of sp³-hybridized carbons (Fsp3) is 0.477.